The summed E-state index contributed by atoms with van der Waals surface area (Å²) in [5.41, 5.74) is 2.16. The van der Waals surface area contributed by atoms with Crippen molar-refractivity contribution in [2.24, 2.45) is 0 Å². The average molecular weight is 363 g/mol. The van der Waals surface area contributed by atoms with Crippen molar-refractivity contribution >= 4 is 23.0 Å². The van der Waals surface area contributed by atoms with Crippen molar-refractivity contribution in [2.45, 2.75) is 37.4 Å². The monoisotopic (exact) mass is 363 g/mol. The molecule has 5 rings (SSSR count). The van der Waals surface area contributed by atoms with Gasteiger partial charge in [-0.25, -0.2) is 4.98 Å². The van der Waals surface area contributed by atoms with Gasteiger partial charge in [0.2, 0.25) is 11.6 Å². The van der Waals surface area contributed by atoms with Gasteiger partial charge >= 0.3 is 0 Å². The molecule has 2 aliphatic rings. The first-order chi connectivity index (χ1) is 13.2. The normalized spacial score (nSPS) is 22.4. The second-order valence-corrected chi connectivity index (χ2v) is 6.91. The molecule has 2 N–H and O–H groups in total. The van der Waals surface area contributed by atoms with Crippen molar-refractivity contribution in [2.75, 3.05) is 0 Å². The molecule has 1 aliphatic carbocycles. The van der Waals surface area contributed by atoms with E-state index >= 15 is 0 Å². The van der Waals surface area contributed by atoms with Crippen LogP contribution in [0, 0.1) is 0 Å². The summed E-state index contributed by atoms with van der Waals surface area (Å²) in [4.78, 5) is 35.7. The maximum absolute atomic E-state index is 12.8. The summed E-state index contributed by atoms with van der Waals surface area (Å²) in [5, 5.41) is 13.3. The standard InChI is InChI=1S/C18H17N7O2/c26-15-8-14(16(25(15)11-3-4-11)10-2-1-7-19-9-10)21-18(27)13-6-5-12-17(20-13)23-24-22-12/h1-2,5-7,9,11,14,16H,3-4,8H2,(H,21,27)(H,20,22,23,24)/t14-,16+/m1/s1. The first-order valence-corrected chi connectivity index (χ1v) is 8.90. The van der Waals surface area contributed by atoms with Gasteiger partial charge in [0.25, 0.3) is 5.91 Å². The molecule has 0 radical (unpaired) electrons. The Morgan fingerprint density at radius 3 is 2.89 bits per heavy atom. The number of rotatable bonds is 4. The number of nitrogens with one attached hydrogen (secondary N) is 2. The molecule has 1 saturated heterocycles. The second-order valence-electron chi connectivity index (χ2n) is 6.91. The molecule has 1 aliphatic heterocycles. The van der Waals surface area contributed by atoms with Crippen LogP contribution in [0.1, 0.15) is 41.4 Å². The smallest absolute Gasteiger partial charge is 0.270 e. The van der Waals surface area contributed by atoms with Crippen LogP contribution >= 0.6 is 0 Å². The Morgan fingerprint density at radius 1 is 1.22 bits per heavy atom. The number of carbonyl (C=O) groups is 2. The lowest BCUT2D eigenvalue weighted by molar-refractivity contribution is -0.129. The maximum atomic E-state index is 12.8. The molecule has 0 bridgehead atoms. The summed E-state index contributed by atoms with van der Waals surface area (Å²) >= 11 is 0. The van der Waals surface area contributed by atoms with Crippen LogP contribution in [0.2, 0.25) is 0 Å². The van der Waals surface area contributed by atoms with Gasteiger partial charge in [0.15, 0.2) is 0 Å². The highest BCUT2D eigenvalue weighted by Crippen LogP contribution is 2.41. The molecule has 136 valence electrons. The van der Waals surface area contributed by atoms with Crippen LogP contribution in [0.25, 0.3) is 11.2 Å². The zero-order valence-corrected chi connectivity index (χ0v) is 14.4. The van der Waals surface area contributed by atoms with Crippen molar-refractivity contribution in [3.63, 3.8) is 0 Å². The molecule has 2 atom stereocenters. The van der Waals surface area contributed by atoms with E-state index in [9.17, 15) is 9.59 Å². The number of aromatic amines is 1. The van der Waals surface area contributed by atoms with Gasteiger partial charge in [-0.2, -0.15) is 10.3 Å². The number of H-pyrrole nitrogens is 1. The SMILES string of the molecule is O=C(N[C@@H]1CC(=O)N(C2CC2)[C@H]1c1cccnc1)c1ccc2n[nH]nc2n1. The average Bonchev–Trinajstić information content (AvgIpc) is 3.31. The number of likely N-dealkylation sites (tertiary alicyclic amines) is 1. The summed E-state index contributed by atoms with van der Waals surface area (Å²) in [7, 11) is 0. The molecular formula is C18H17N7O2. The first-order valence-electron chi connectivity index (χ1n) is 8.90. The minimum Gasteiger partial charge on any atom is -0.345 e. The molecule has 0 aromatic carbocycles. The minimum atomic E-state index is -0.329. The Morgan fingerprint density at radius 2 is 2.11 bits per heavy atom. The van der Waals surface area contributed by atoms with E-state index in [1.807, 2.05) is 17.0 Å². The van der Waals surface area contributed by atoms with E-state index < -0.39 is 0 Å². The predicted octanol–water partition coefficient (Wildman–Crippen LogP) is 0.982. The number of pyridine rings is 2. The Hall–Kier alpha value is -3.36. The quantitative estimate of drug-likeness (QED) is 0.714. The van der Waals surface area contributed by atoms with Crippen molar-refractivity contribution in [3.8, 4) is 0 Å². The highest BCUT2D eigenvalue weighted by Gasteiger charge is 2.47. The minimum absolute atomic E-state index is 0.0663. The first kappa shape index (κ1) is 15.9. The van der Waals surface area contributed by atoms with Crippen LogP contribution in [0.4, 0.5) is 0 Å². The Kier molecular flexibility index (Phi) is 3.59. The van der Waals surface area contributed by atoms with Gasteiger partial charge in [-0.15, -0.1) is 5.10 Å². The van der Waals surface area contributed by atoms with Gasteiger partial charge < -0.3 is 10.2 Å². The van der Waals surface area contributed by atoms with Crippen molar-refractivity contribution in [1.82, 2.24) is 35.6 Å². The number of fused-ring (bicyclic) bond motifs is 1. The summed E-state index contributed by atoms with van der Waals surface area (Å²) in [6, 6.07) is 6.81. The van der Waals surface area contributed by atoms with Crippen molar-refractivity contribution in [3.05, 3.63) is 47.9 Å². The third kappa shape index (κ3) is 2.80. The molecule has 4 heterocycles. The highest BCUT2D eigenvalue weighted by molar-refractivity contribution is 5.95. The molecule has 3 aromatic rings. The van der Waals surface area contributed by atoms with Crippen molar-refractivity contribution in [1.29, 1.82) is 0 Å². The lowest BCUT2D eigenvalue weighted by atomic mass is 10.0. The molecule has 2 fully saturated rings. The number of aromatic nitrogens is 5. The number of hydrogen-bond acceptors (Lipinski definition) is 6. The lowest BCUT2D eigenvalue weighted by Crippen LogP contribution is -2.40. The van der Waals surface area contributed by atoms with Gasteiger partial charge in [0, 0.05) is 24.9 Å². The van der Waals surface area contributed by atoms with E-state index in [1.165, 1.54) is 0 Å². The predicted molar refractivity (Wildman–Crippen MR) is 94.4 cm³/mol. The zero-order valence-electron chi connectivity index (χ0n) is 14.4. The lowest BCUT2D eigenvalue weighted by Gasteiger charge is -2.28. The molecule has 3 aromatic heterocycles. The Bertz CT molecular complexity index is 1010. The van der Waals surface area contributed by atoms with Crippen LogP contribution in [0.15, 0.2) is 36.7 Å². The summed E-state index contributed by atoms with van der Waals surface area (Å²) in [5.74, 6) is -0.263. The van der Waals surface area contributed by atoms with E-state index in [0.29, 0.717) is 11.2 Å². The van der Waals surface area contributed by atoms with Crippen LogP contribution < -0.4 is 5.32 Å². The molecule has 27 heavy (non-hydrogen) atoms. The molecule has 2 amide bonds. The van der Waals surface area contributed by atoms with E-state index in [2.05, 4.69) is 30.7 Å². The van der Waals surface area contributed by atoms with Crippen LogP contribution in [0.3, 0.4) is 0 Å². The molecule has 9 nitrogen and oxygen atoms in total. The molecule has 9 heteroatoms. The topological polar surface area (TPSA) is 117 Å². The van der Waals surface area contributed by atoms with E-state index in [0.717, 1.165) is 18.4 Å². The Balaban J connectivity index is 1.43. The summed E-state index contributed by atoms with van der Waals surface area (Å²) < 4.78 is 0. The summed E-state index contributed by atoms with van der Waals surface area (Å²) in [6.07, 6.45) is 5.75. The van der Waals surface area contributed by atoms with Crippen LogP contribution in [0.5, 0.6) is 0 Å². The highest BCUT2D eigenvalue weighted by atomic mass is 16.2. The Labute approximate surface area is 154 Å². The zero-order chi connectivity index (χ0) is 18.4. The van der Waals surface area contributed by atoms with Gasteiger partial charge in [0.1, 0.15) is 11.2 Å². The van der Waals surface area contributed by atoms with Gasteiger partial charge in [-0.3, -0.25) is 14.6 Å². The molecule has 1 saturated carbocycles. The fourth-order valence-corrected chi connectivity index (χ4v) is 3.72. The van der Waals surface area contributed by atoms with E-state index in [1.54, 1.807) is 24.5 Å². The van der Waals surface area contributed by atoms with E-state index in [4.69, 9.17) is 0 Å². The second kappa shape index (κ2) is 6.11. The van der Waals surface area contributed by atoms with Crippen molar-refractivity contribution < 1.29 is 9.59 Å². The van der Waals surface area contributed by atoms with Crippen LogP contribution in [-0.4, -0.2) is 54.2 Å². The van der Waals surface area contributed by atoms with Gasteiger partial charge in [-0.05, 0) is 36.6 Å². The van der Waals surface area contributed by atoms with Gasteiger partial charge in [-0.1, -0.05) is 6.07 Å². The third-order valence-corrected chi connectivity index (χ3v) is 5.06. The fraction of sp³-hybridized carbons (Fsp3) is 0.333. The largest absolute Gasteiger partial charge is 0.345 e. The number of carbonyl (C=O) groups excluding carboxylic acids is 2. The van der Waals surface area contributed by atoms with Crippen LogP contribution in [-0.2, 0) is 4.79 Å². The van der Waals surface area contributed by atoms with Gasteiger partial charge in [0.05, 0.1) is 12.1 Å². The third-order valence-electron chi connectivity index (χ3n) is 5.06. The molecular weight excluding hydrogens is 346 g/mol. The fourth-order valence-electron chi connectivity index (χ4n) is 3.72. The van der Waals surface area contributed by atoms with E-state index in [-0.39, 0.29) is 42.1 Å². The summed E-state index contributed by atoms with van der Waals surface area (Å²) in [6.45, 7) is 0. The molecule has 0 unspecified atom stereocenters. The molecule has 0 spiro atoms. The number of nitrogens with zero attached hydrogens (tertiary/aromatic N) is 5. The maximum Gasteiger partial charge on any atom is 0.270 e. The number of amides is 2. The number of hydrogen-bond donors (Lipinski definition) is 2.